The van der Waals surface area contributed by atoms with Crippen LogP contribution in [0.15, 0.2) is 18.2 Å². The van der Waals surface area contributed by atoms with Crippen LogP contribution in [-0.2, 0) is 10.8 Å². The van der Waals surface area contributed by atoms with E-state index in [1.807, 2.05) is 18.2 Å². The molecule has 0 aliphatic carbocycles. The topological polar surface area (TPSA) is 20.2 Å². The van der Waals surface area contributed by atoms with E-state index in [0.717, 1.165) is 11.1 Å². The van der Waals surface area contributed by atoms with Gasteiger partial charge in [-0.05, 0) is 22.0 Å². The third-order valence-corrected chi connectivity index (χ3v) is 2.65. The number of phenolic OH excluding ortho intramolecular Hbond substituents is 1. The summed E-state index contributed by atoms with van der Waals surface area (Å²) in [5.41, 5.74) is 2.03. The molecule has 1 rings (SSSR count). The van der Waals surface area contributed by atoms with E-state index in [-0.39, 0.29) is 34.7 Å². The SMILES string of the molecule is CC(C)(C)c1cccc(C(C)(C)C)c1O.[Sn]. The zero-order valence-corrected chi connectivity index (χ0v) is 14.0. The maximum absolute atomic E-state index is 10.3. The Kier molecular flexibility index (Phi) is 4.93. The van der Waals surface area contributed by atoms with Crippen molar-refractivity contribution < 1.29 is 5.11 Å². The number of benzene rings is 1. The van der Waals surface area contributed by atoms with Crippen LogP contribution in [0.3, 0.4) is 0 Å². The normalized spacial score (nSPS) is 12.1. The molecule has 1 aromatic rings. The number of phenols is 1. The monoisotopic (exact) mass is 326 g/mol. The number of para-hydroxylation sites is 1. The van der Waals surface area contributed by atoms with Gasteiger partial charge in [0.2, 0.25) is 0 Å². The summed E-state index contributed by atoms with van der Waals surface area (Å²) in [7, 11) is 0. The van der Waals surface area contributed by atoms with Gasteiger partial charge < -0.3 is 5.11 Å². The van der Waals surface area contributed by atoms with E-state index in [0.29, 0.717) is 5.75 Å². The third-order valence-electron chi connectivity index (χ3n) is 2.65. The van der Waals surface area contributed by atoms with E-state index in [2.05, 4.69) is 41.5 Å². The molecule has 0 atom stereocenters. The van der Waals surface area contributed by atoms with Gasteiger partial charge in [0, 0.05) is 23.9 Å². The molecule has 0 heterocycles. The van der Waals surface area contributed by atoms with Crippen LogP contribution in [-0.4, -0.2) is 29.0 Å². The van der Waals surface area contributed by atoms with Gasteiger partial charge in [0.25, 0.3) is 0 Å². The van der Waals surface area contributed by atoms with Crippen LogP contribution in [0.4, 0.5) is 0 Å². The van der Waals surface area contributed by atoms with Gasteiger partial charge in [-0.15, -0.1) is 0 Å². The summed E-state index contributed by atoms with van der Waals surface area (Å²) in [5, 5.41) is 10.3. The molecule has 1 aromatic carbocycles. The Hall–Kier alpha value is -0.181. The van der Waals surface area contributed by atoms with E-state index in [1.54, 1.807) is 0 Å². The minimum Gasteiger partial charge on any atom is -0.507 e. The smallest absolute Gasteiger partial charge is 0.123 e. The molecule has 0 aliphatic heterocycles. The van der Waals surface area contributed by atoms with Gasteiger partial charge in [-0.3, -0.25) is 0 Å². The average Bonchev–Trinajstić information content (AvgIpc) is 1.99. The predicted molar refractivity (Wildman–Crippen MR) is 71.3 cm³/mol. The molecule has 4 radical (unpaired) electrons. The fraction of sp³-hybridized carbons (Fsp3) is 0.571. The molecular formula is C14H22OSn. The first-order chi connectivity index (χ1) is 6.64. The van der Waals surface area contributed by atoms with Crippen LogP contribution < -0.4 is 0 Å². The second-order valence-electron chi connectivity index (χ2n) is 6.20. The van der Waals surface area contributed by atoms with Gasteiger partial charge in [0.05, 0.1) is 0 Å². The summed E-state index contributed by atoms with van der Waals surface area (Å²) in [6, 6.07) is 6.04. The predicted octanol–water partition coefficient (Wildman–Crippen LogP) is 3.61. The van der Waals surface area contributed by atoms with Crippen molar-refractivity contribution in [2.75, 3.05) is 0 Å². The Morgan fingerprint density at radius 1 is 0.812 bits per heavy atom. The maximum Gasteiger partial charge on any atom is 0.123 e. The first-order valence-electron chi connectivity index (χ1n) is 5.47. The zero-order chi connectivity index (χ0) is 11.9. The first kappa shape index (κ1) is 15.8. The standard InChI is InChI=1S/C14H22O.Sn/c1-13(2,3)10-8-7-9-11(12(10)15)14(4,5)6;/h7-9,15H,1-6H3;. The van der Waals surface area contributed by atoms with Crippen LogP contribution in [0.1, 0.15) is 52.7 Å². The molecule has 16 heavy (non-hydrogen) atoms. The molecule has 2 heteroatoms. The van der Waals surface area contributed by atoms with Crippen LogP contribution in [0.5, 0.6) is 5.75 Å². The number of hydrogen-bond acceptors (Lipinski definition) is 1. The second-order valence-corrected chi connectivity index (χ2v) is 6.20. The van der Waals surface area contributed by atoms with Crippen LogP contribution in [0.25, 0.3) is 0 Å². The average molecular weight is 325 g/mol. The van der Waals surface area contributed by atoms with E-state index in [9.17, 15) is 5.11 Å². The Balaban J connectivity index is 0.00000225. The van der Waals surface area contributed by atoms with Crippen molar-refractivity contribution >= 4 is 23.9 Å². The molecule has 1 N–H and O–H groups in total. The summed E-state index contributed by atoms with van der Waals surface area (Å²) in [5.74, 6) is 0.456. The van der Waals surface area contributed by atoms with Crippen LogP contribution in [0.2, 0.25) is 0 Å². The van der Waals surface area contributed by atoms with Gasteiger partial charge in [-0.2, -0.15) is 0 Å². The van der Waals surface area contributed by atoms with Gasteiger partial charge in [0.1, 0.15) is 5.75 Å². The Labute approximate surface area is 116 Å². The molecular weight excluding hydrogens is 303 g/mol. The molecule has 0 bridgehead atoms. The summed E-state index contributed by atoms with van der Waals surface area (Å²) in [6.45, 7) is 12.7. The summed E-state index contributed by atoms with van der Waals surface area (Å²) < 4.78 is 0. The molecule has 0 saturated carbocycles. The van der Waals surface area contributed by atoms with Crippen molar-refractivity contribution in [1.29, 1.82) is 0 Å². The molecule has 1 nitrogen and oxygen atoms in total. The molecule has 0 saturated heterocycles. The van der Waals surface area contributed by atoms with Crippen LogP contribution >= 0.6 is 0 Å². The Morgan fingerprint density at radius 3 is 1.38 bits per heavy atom. The van der Waals surface area contributed by atoms with Crippen molar-refractivity contribution in [3.8, 4) is 5.75 Å². The van der Waals surface area contributed by atoms with Crippen molar-refractivity contribution in [3.05, 3.63) is 29.3 Å². The number of rotatable bonds is 0. The van der Waals surface area contributed by atoms with Gasteiger partial charge >= 0.3 is 0 Å². The molecule has 0 unspecified atom stereocenters. The third kappa shape index (κ3) is 3.41. The fourth-order valence-corrected chi connectivity index (χ4v) is 1.75. The largest absolute Gasteiger partial charge is 0.507 e. The summed E-state index contributed by atoms with van der Waals surface area (Å²) >= 11 is 0. The first-order valence-corrected chi connectivity index (χ1v) is 5.47. The number of hydrogen-bond donors (Lipinski definition) is 1. The summed E-state index contributed by atoms with van der Waals surface area (Å²) in [4.78, 5) is 0. The van der Waals surface area contributed by atoms with Crippen LogP contribution in [0, 0.1) is 0 Å². The Bertz CT molecular complexity index is 324. The second kappa shape index (κ2) is 4.99. The summed E-state index contributed by atoms with van der Waals surface area (Å²) in [6.07, 6.45) is 0. The Morgan fingerprint density at radius 2 is 1.12 bits per heavy atom. The van der Waals surface area contributed by atoms with Gasteiger partial charge in [-0.25, -0.2) is 0 Å². The fourth-order valence-electron chi connectivity index (χ4n) is 1.75. The molecule has 0 spiro atoms. The van der Waals surface area contributed by atoms with E-state index in [4.69, 9.17) is 0 Å². The molecule has 0 aliphatic rings. The maximum atomic E-state index is 10.3. The van der Waals surface area contributed by atoms with Crippen molar-refractivity contribution in [2.24, 2.45) is 0 Å². The van der Waals surface area contributed by atoms with Crippen molar-refractivity contribution in [2.45, 2.75) is 52.4 Å². The van der Waals surface area contributed by atoms with E-state index in [1.165, 1.54) is 0 Å². The van der Waals surface area contributed by atoms with Crippen molar-refractivity contribution in [3.63, 3.8) is 0 Å². The minimum atomic E-state index is -0.00859. The van der Waals surface area contributed by atoms with Gasteiger partial charge in [0.15, 0.2) is 0 Å². The molecule has 0 aromatic heterocycles. The molecule has 88 valence electrons. The molecule has 0 amide bonds. The van der Waals surface area contributed by atoms with Crippen molar-refractivity contribution in [1.82, 2.24) is 0 Å². The minimum absolute atomic E-state index is 0. The molecule has 0 fully saturated rings. The quantitative estimate of drug-likeness (QED) is 0.723. The number of aromatic hydroxyl groups is 1. The van der Waals surface area contributed by atoms with Gasteiger partial charge in [-0.1, -0.05) is 59.7 Å². The zero-order valence-electron chi connectivity index (χ0n) is 11.2. The van der Waals surface area contributed by atoms with E-state index >= 15 is 0 Å². The van der Waals surface area contributed by atoms with E-state index < -0.39 is 0 Å².